The lowest BCUT2D eigenvalue weighted by Gasteiger charge is -2.14. The summed E-state index contributed by atoms with van der Waals surface area (Å²) in [5.74, 6) is 2.39. The number of hydrogen-bond donors (Lipinski definition) is 0. The standard InChI is InChI=1S/C32H25N5O/c1-35(2)22-16-17-33-32(19-22)37-29-12-5-3-10-26(29)27-15-14-25(20-31(27)37)38-24-9-7-8-23(18-24)36-21-34-28-11-4-6-13-30(28)36/h3-21H,1-2H3. The first-order valence-electron chi connectivity index (χ1n) is 12.5. The summed E-state index contributed by atoms with van der Waals surface area (Å²) in [5.41, 5.74) is 6.27. The molecule has 0 unspecified atom stereocenters. The number of para-hydroxylation sites is 3. The first-order chi connectivity index (χ1) is 18.7. The van der Waals surface area contributed by atoms with E-state index in [1.807, 2.05) is 75.2 Å². The summed E-state index contributed by atoms with van der Waals surface area (Å²) in [4.78, 5) is 11.3. The van der Waals surface area contributed by atoms with Crippen molar-refractivity contribution in [2.24, 2.45) is 0 Å². The second-order valence-electron chi connectivity index (χ2n) is 9.50. The van der Waals surface area contributed by atoms with Crippen LogP contribution in [0.4, 0.5) is 5.69 Å². The fourth-order valence-corrected chi connectivity index (χ4v) is 5.07. The Bertz CT molecular complexity index is 1950. The van der Waals surface area contributed by atoms with E-state index >= 15 is 0 Å². The van der Waals surface area contributed by atoms with Crippen molar-refractivity contribution in [2.45, 2.75) is 0 Å². The molecule has 184 valence electrons. The molecule has 0 amide bonds. The van der Waals surface area contributed by atoms with Crippen LogP contribution in [-0.2, 0) is 0 Å². The number of imidazole rings is 1. The highest BCUT2D eigenvalue weighted by Crippen LogP contribution is 2.35. The maximum absolute atomic E-state index is 6.41. The molecular formula is C32H25N5O. The summed E-state index contributed by atoms with van der Waals surface area (Å²) in [6, 6.07) is 35.0. The van der Waals surface area contributed by atoms with Gasteiger partial charge < -0.3 is 9.64 Å². The summed E-state index contributed by atoms with van der Waals surface area (Å²) in [5, 5.41) is 2.34. The number of fused-ring (bicyclic) bond motifs is 4. The minimum Gasteiger partial charge on any atom is -0.457 e. The fraction of sp³-hybridized carbons (Fsp3) is 0.0625. The molecule has 0 radical (unpaired) electrons. The average Bonchev–Trinajstić information content (AvgIpc) is 3.52. The van der Waals surface area contributed by atoms with E-state index in [-0.39, 0.29) is 0 Å². The lowest BCUT2D eigenvalue weighted by atomic mass is 10.1. The highest BCUT2D eigenvalue weighted by Gasteiger charge is 2.15. The molecule has 0 aliphatic carbocycles. The normalized spacial score (nSPS) is 11.4. The highest BCUT2D eigenvalue weighted by molar-refractivity contribution is 6.09. The monoisotopic (exact) mass is 495 g/mol. The minimum atomic E-state index is 0.759. The van der Waals surface area contributed by atoms with E-state index in [4.69, 9.17) is 9.72 Å². The minimum absolute atomic E-state index is 0.759. The zero-order valence-electron chi connectivity index (χ0n) is 21.1. The predicted octanol–water partition coefficient (Wildman–Crippen LogP) is 7.38. The largest absolute Gasteiger partial charge is 0.457 e. The van der Waals surface area contributed by atoms with Gasteiger partial charge in [0.2, 0.25) is 0 Å². The van der Waals surface area contributed by atoms with Gasteiger partial charge in [0.25, 0.3) is 0 Å². The molecule has 0 atom stereocenters. The van der Waals surface area contributed by atoms with Gasteiger partial charge in [-0.1, -0.05) is 36.4 Å². The Morgan fingerprint density at radius 1 is 0.658 bits per heavy atom. The Balaban J connectivity index is 1.33. The molecule has 0 saturated carbocycles. The maximum Gasteiger partial charge on any atom is 0.139 e. The Kier molecular flexibility index (Phi) is 5.11. The van der Waals surface area contributed by atoms with Crippen LogP contribution in [0, 0.1) is 0 Å². The molecule has 0 saturated heterocycles. The van der Waals surface area contributed by atoms with E-state index in [1.54, 1.807) is 0 Å². The number of ether oxygens (including phenoxy) is 1. The lowest BCUT2D eigenvalue weighted by Crippen LogP contribution is -2.09. The van der Waals surface area contributed by atoms with Crippen LogP contribution in [0.5, 0.6) is 11.5 Å². The molecule has 0 spiro atoms. The van der Waals surface area contributed by atoms with Gasteiger partial charge in [-0.25, -0.2) is 9.97 Å². The zero-order chi connectivity index (χ0) is 25.6. The molecule has 6 heteroatoms. The number of benzene rings is 4. The number of aromatic nitrogens is 4. The topological polar surface area (TPSA) is 48.1 Å². The zero-order valence-corrected chi connectivity index (χ0v) is 21.1. The van der Waals surface area contributed by atoms with Crippen LogP contribution < -0.4 is 9.64 Å². The molecule has 7 rings (SSSR count). The van der Waals surface area contributed by atoms with Gasteiger partial charge in [0.15, 0.2) is 0 Å². The van der Waals surface area contributed by atoms with Gasteiger partial charge in [0.1, 0.15) is 23.6 Å². The molecule has 3 heterocycles. The van der Waals surface area contributed by atoms with Crippen LogP contribution in [0.15, 0.2) is 116 Å². The van der Waals surface area contributed by atoms with Gasteiger partial charge in [-0.15, -0.1) is 0 Å². The van der Waals surface area contributed by atoms with Crippen molar-refractivity contribution in [2.75, 3.05) is 19.0 Å². The second-order valence-corrected chi connectivity index (χ2v) is 9.50. The first-order valence-corrected chi connectivity index (χ1v) is 12.5. The van der Waals surface area contributed by atoms with Gasteiger partial charge in [-0.2, -0.15) is 0 Å². The van der Waals surface area contributed by atoms with Crippen LogP contribution in [0.1, 0.15) is 0 Å². The summed E-state index contributed by atoms with van der Waals surface area (Å²) >= 11 is 0. The van der Waals surface area contributed by atoms with Crippen LogP contribution in [0.3, 0.4) is 0 Å². The number of pyridine rings is 1. The fourth-order valence-electron chi connectivity index (χ4n) is 5.07. The molecule has 0 N–H and O–H groups in total. The molecular weight excluding hydrogens is 470 g/mol. The van der Waals surface area contributed by atoms with Gasteiger partial charge in [-0.05, 0) is 48.5 Å². The number of anilines is 1. The van der Waals surface area contributed by atoms with E-state index in [0.29, 0.717) is 0 Å². The van der Waals surface area contributed by atoms with Gasteiger partial charge in [0.05, 0.1) is 27.8 Å². The van der Waals surface area contributed by atoms with E-state index in [9.17, 15) is 0 Å². The van der Waals surface area contributed by atoms with Gasteiger partial charge >= 0.3 is 0 Å². The van der Waals surface area contributed by atoms with Crippen molar-refractivity contribution < 1.29 is 4.74 Å². The Labute approximate surface area is 220 Å². The third-order valence-corrected chi connectivity index (χ3v) is 6.90. The molecule has 6 nitrogen and oxygen atoms in total. The molecule has 0 bridgehead atoms. The molecule has 7 aromatic rings. The Hall–Kier alpha value is -5.10. The first kappa shape index (κ1) is 22.1. The Morgan fingerprint density at radius 2 is 1.45 bits per heavy atom. The van der Waals surface area contributed by atoms with E-state index in [1.165, 1.54) is 5.39 Å². The summed E-state index contributed by atoms with van der Waals surface area (Å²) in [7, 11) is 4.08. The molecule has 3 aromatic heterocycles. The van der Waals surface area contributed by atoms with E-state index < -0.39 is 0 Å². The second kappa shape index (κ2) is 8.78. The molecule has 0 aliphatic heterocycles. The third kappa shape index (κ3) is 3.66. The van der Waals surface area contributed by atoms with Gasteiger partial charge in [0, 0.05) is 55.0 Å². The lowest BCUT2D eigenvalue weighted by molar-refractivity contribution is 0.483. The third-order valence-electron chi connectivity index (χ3n) is 6.90. The summed E-state index contributed by atoms with van der Waals surface area (Å²) in [6.07, 6.45) is 3.71. The van der Waals surface area contributed by atoms with Gasteiger partial charge in [-0.3, -0.25) is 9.13 Å². The number of hydrogen-bond acceptors (Lipinski definition) is 4. The molecule has 38 heavy (non-hydrogen) atoms. The van der Waals surface area contributed by atoms with Crippen molar-refractivity contribution in [1.29, 1.82) is 0 Å². The van der Waals surface area contributed by atoms with Crippen molar-refractivity contribution in [3.8, 4) is 23.0 Å². The maximum atomic E-state index is 6.41. The molecule has 0 fully saturated rings. The highest BCUT2D eigenvalue weighted by atomic mass is 16.5. The van der Waals surface area contributed by atoms with Crippen molar-refractivity contribution in [1.82, 2.24) is 19.1 Å². The van der Waals surface area contributed by atoms with E-state index in [0.717, 1.165) is 56.1 Å². The SMILES string of the molecule is CN(C)c1ccnc(-n2c3ccccc3c3ccc(Oc4cccc(-n5cnc6ccccc65)c4)cc32)c1. The van der Waals surface area contributed by atoms with Crippen LogP contribution >= 0.6 is 0 Å². The Morgan fingerprint density at radius 3 is 2.34 bits per heavy atom. The smallest absolute Gasteiger partial charge is 0.139 e. The van der Waals surface area contributed by atoms with E-state index in [2.05, 4.69) is 73.6 Å². The average molecular weight is 496 g/mol. The predicted molar refractivity (Wildman–Crippen MR) is 154 cm³/mol. The van der Waals surface area contributed by atoms with Crippen LogP contribution in [0.2, 0.25) is 0 Å². The summed E-state index contributed by atoms with van der Waals surface area (Å²) in [6.45, 7) is 0. The summed E-state index contributed by atoms with van der Waals surface area (Å²) < 4.78 is 10.7. The van der Waals surface area contributed by atoms with Crippen molar-refractivity contribution in [3.05, 3.63) is 116 Å². The quantitative estimate of drug-likeness (QED) is 0.250. The molecule has 0 aliphatic rings. The van der Waals surface area contributed by atoms with Crippen molar-refractivity contribution >= 4 is 38.5 Å². The number of nitrogens with zero attached hydrogens (tertiary/aromatic N) is 5. The number of rotatable bonds is 5. The van der Waals surface area contributed by atoms with Crippen molar-refractivity contribution in [3.63, 3.8) is 0 Å². The van der Waals surface area contributed by atoms with Crippen LogP contribution in [-0.4, -0.2) is 33.2 Å². The van der Waals surface area contributed by atoms with Crippen LogP contribution in [0.25, 0.3) is 44.3 Å². The molecule has 4 aromatic carbocycles.